The maximum absolute atomic E-state index is 12.4. The molecule has 1 aliphatic rings. The lowest BCUT2D eigenvalue weighted by Crippen LogP contribution is -2.45. The second-order valence-corrected chi connectivity index (χ2v) is 7.67. The molecule has 0 aliphatic carbocycles. The van der Waals surface area contributed by atoms with Crippen LogP contribution in [-0.4, -0.2) is 44.1 Å². The zero-order valence-electron chi connectivity index (χ0n) is 12.8. The molecule has 0 aromatic heterocycles. The zero-order valence-corrected chi connectivity index (χ0v) is 13.6. The van der Waals surface area contributed by atoms with Gasteiger partial charge >= 0.3 is 0 Å². The van der Waals surface area contributed by atoms with Crippen LogP contribution < -0.4 is 10.5 Å². The first-order valence-corrected chi connectivity index (χ1v) is 9.17. The van der Waals surface area contributed by atoms with E-state index < -0.39 is 10.0 Å². The molecule has 0 bridgehead atoms. The number of nitrogens with zero attached hydrogens (tertiary/aromatic N) is 1. The number of carbonyl (C=O) groups excluding carboxylic acids is 1. The van der Waals surface area contributed by atoms with Crippen LogP contribution in [0.5, 0.6) is 0 Å². The highest BCUT2D eigenvalue weighted by molar-refractivity contribution is 7.89. The first kappa shape index (κ1) is 16.9. The summed E-state index contributed by atoms with van der Waals surface area (Å²) in [4.78, 5) is 14.2. The largest absolute Gasteiger partial charge is 0.337 e. The van der Waals surface area contributed by atoms with E-state index in [4.69, 9.17) is 5.73 Å². The lowest BCUT2D eigenvalue weighted by molar-refractivity contribution is 0.0709. The average molecular weight is 325 g/mol. The second-order valence-electron chi connectivity index (χ2n) is 5.57. The van der Waals surface area contributed by atoms with E-state index in [1.165, 1.54) is 0 Å². The molecule has 1 aromatic rings. The maximum atomic E-state index is 12.4. The second kappa shape index (κ2) is 7.21. The van der Waals surface area contributed by atoms with E-state index in [1.807, 2.05) is 0 Å². The van der Waals surface area contributed by atoms with Crippen molar-refractivity contribution in [3.8, 4) is 0 Å². The van der Waals surface area contributed by atoms with Gasteiger partial charge in [-0.15, -0.1) is 0 Å². The van der Waals surface area contributed by atoms with Crippen molar-refractivity contribution in [2.75, 3.05) is 18.8 Å². The van der Waals surface area contributed by atoms with Crippen LogP contribution in [0.3, 0.4) is 0 Å². The van der Waals surface area contributed by atoms with Crippen LogP contribution in [0, 0.1) is 0 Å². The number of piperidine rings is 1. The van der Waals surface area contributed by atoms with E-state index >= 15 is 0 Å². The summed E-state index contributed by atoms with van der Waals surface area (Å²) in [5.41, 5.74) is 7.33. The van der Waals surface area contributed by atoms with Gasteiger partial charge in [0.2, 0.25) is 10.0 Å². The van der Waals surface area contributed by atoms with E-state index in [0.29, 0.717) is 12.1 Å². The van der Waals surface area contributed by atoms with E-state index in [2.05, 4.69) is 4.72 Å². The summed E-state index contributed by atoms with van der Waals surface area (Å²) in [6, 6.07) is 7.07. The number of hydrogen-bond donors (Lipinski definition) is 2. The van der Waals surface area contributed by atoms with Crippen molar-refractivity contribution in [3.63, 3.8) is 0 Å². The molecule has 1 atom stereocenters. The monoisotopic (exact) mass is 325 g/mol. The molecule has 1 saturated heterocycles. The lowest BCUT2D eigenvalue weighted by atomic mass is 10.0. The van der Waals surface area contributed by atoms with Gasteiger partial charge in [0.1, 0.15) is 0 Å². The number of amides is 1. The molecule has 7 heteroatoms. The Labute approximate surface area is 131 Å². The van der Waals surface area contributed by atoms with Crippen molar-refractivity contribution in [1.82, 2.24) is 9.62 Å². The summed E-state index contributed by atoms with van der Waals surface area (Å²) in [6.45, 7) is 3.16. The van der Waals surface area contributed by atoms with Crippen molar-refractivity contribution < 1.29 is 13.2 Å². The van der Waals surface area contributed by atoms with E-state index in [0.717, 1.165) is 24.9 Å². The Hall–Kier alpha value is -1.44. The molecule has 0 spiro atoms. The standard InChI is InChI=1S/C15H23N3O3S/c1-2-22(20,21)17-10-12-5-7-13(8-6-12)15(19)18-9-3-4-14(16)11-18/h5-8,14,17H,2-4,9-11,16H2,1H3. The van der Waals surface area contributed by atoms with Crippen LogP contribution in [-0.2, 0) is 16.6 Å². The number of hydrogen-bond acceptors (Lipinski definition) is 4. The summed E-state index contributed by atoms with van der Waals surface area (Å²) >= 11 is 0. The fourth-order valence-electron chi connectivity index (χ4n) is 2.44. The van der Waals surface area contributed by atoms with Crippen LogP contribution in [0.25, 0.3) is 0 Å². The third-order valence-corrected chi connectivity index (χ3v) is 5.17. The minimum atomic E-state index is -3.21. The highest BCUT2D eigenvalue weighted by atomic mass is 32.2. The molecule has 0 radical (unpaired) electrons. The highest BCUT2D eigenvalue weighted by Gasteiger charge is 2.22. The van der Waals surface area contributed by atoms with Gasteiger partial charge in [-0.05, 0) is 37.5 Å². The molecular weight excluding hydrogens is 302 g/mol. The maximum Gasteiger partial charge on any atom is 0.253 e. The van der Waals surface area contributed by atoms with E-state index in [9.17, 15) is 13.2 Å². The number of sulfonamides is 1. The summed E-state index contributed by atoms with van der Waals surface area (Å²) < 4.78 is 25.3. The van der Waals surface area contributed by atoms with E-state index in [1.54, 1.807) is 36.1 Å². The van der Waals surface area contributed by atoms with Gasteiger partial charge in [0.05, 0.1) is 5.75 Å². The summed E-state index contributed by atoms with van der Waals surface area (Å²) in [7, 11) is -3.21. The SMILES string of the molecule is CCS(=O)(=O)NCc1ccc(C(=O)N2CCCC(N)C2)cc1. The molecule has 1 heterocycles. The lowest BCUT2D eigenvalue weighted by Gasteiger charge is -2.30. The Morgan fingerprint density at radius 1 is 1.36 bits per heavy atom. The van der Waals surface area contributed by atoms with E-state index in [-0.39, 0.29) is 24.2 Å². The first-order valence-electron chi connectivity index (χ1n) is 7.52. The average Bonchev–Trinajstić information content (AvgIpc) is 2.53. The molecule has 1 unspecified atom stereocenters. The van der Waals surface area contributed by atoms with Gasteiger partial charge in [0.15, 0.2) is 0 Å². The Morgan fingerprint density at radius 3 is 2.64 bits per heavy atom. The Kier molecular flexibility index (Phi) is 5.55. The number of nitrogens with one attached hydrogen (secondary N) is 1. The number of benzene rings is 1. The Morgan fingerprint density at radius 2 is 2.05 bits per heavy atom. The summed E-state index contributed by atoms with van der Waals surface area (Å²) in [5, 5.41) is 0. The number of rotatable bonds is 5. The van der Waals surface area contributed by atoms with Crippen molar-refractivity contribution in [2.24, 2.45) is 5.73 Å². The summed E-state index contributed by atoms with van der Waals surface area (Å²) in [6.07, 6.45) is 1.89. The number of likely N-dealkylation sites (tertiary alicyclic amines) is 1. The van der Waals surface area contributed by atoms with Crippen LogP contribution in [0.2, 0.25) is 0 Å². The molecule has 1 fully saturated rings. The van der Waals surface area contributed by atoms with Crippen LogP contribution >= 0.6 is 0 Å². The van der Waals surface area contributed by atoms with Gasteiger partial charge < -0.3 is 10.6 Å². The van der Waals surface area contributed by atoms with Gasteiger partial charge in [-0.3, -0.25) is 4.79 Å². The molecule has 1 aromatic carbocycles. The predicted molar refractivity (Wildman–Crippen MR) is 85.9 cm³/mol. The smallest absolute Gasteiger partial charge is 0.253 e. The predicted octanol–water partition coefficient (Wildman–Crippen LogP) is 0.689. The van der Waals surface area contributed by atoms with Crippen LogP contribution in [0.4, 0.5) is 0 Å². The van der Waals surface area contributed by atoms with Crippen molar-refractivity contribution >= 4 is 15.9 Å². The molecular formula is C15H23N3O3S. The number of nitrogens with two attached hydrogens (primary N) is 1. The molecule has 1 amide bonds. The molecule has 122 valence electrons. The molecule has 22 heavy (non-hydrogen) atoms. The minimum absolute atomic E-state index is 0.0177. The number of carbonyl (C=O) groups is 1. The molecule has 2 rings (SSSR count). The molecule has 6 nitrogen and oxygen atoms in total. The normalized spacial score (nSPS) is 19.2. The molecule has 1 aliphatic heterocycles. The first-order chi connectivity index (χ1) is 10.4. The molecule has 3 N–H and O–H groups in total. The van der Waals surface area contributed by atoms with Crippen molar-refractivity contribution in [2.45, 2.75) is 32.4 Å². The Bertz CT molecular complexity index is 613. The zero-order chi connectivity index (χ0) is 16.2. The fourth-order valence-corrected chi connectivity index (χ4v) is 3.03. The topological polar surface area (TPSA) is 92.5 Å². The van der Waals surface area contributed by atoms with Gasteiger partial charge in [0, 0.05) is 31.2 Å². The minimum Gasteiger partial charge on any atom is -0.337 e. The highest BCUT2D eigenvalue weighted by Crippen LogP contribution is 2.13. The van der Waals surface area contributed by atoms with Crippen molar-refractivity contribution in [1.29, 1.82) is 0 Å². The van der Waals surface area contributed by atoms with Crippen molar-refractivity contribution in [3.05, 3.63) is 35.4 Å². The van der Waals surface area contributed by atoms with Gasteiger partial charge in [-0.25, -0.2) is 13.1 Å². The van der Waals surface area contributed by atoms with Crippen LogP contribution in [0.1, 0.15) is 35.7 Å². The quantitative estimate of drug-likeness (QED) is 0.833. The summed E-state index contributed by atoms with van der Waals surface area (Å²) in [5.74, 6) is 0.0366. The fraction of sp³-hybridized carbons (Fsp3) is 0.533. The van der Waals surface area contributed by atoms with Gasteiger partial charge in [-0.2, -0.15) is 0 Å². The van der Waals surface area contributed by atoms with Gasteiger partial charge in [-0.1, -0.05) is 12.1 Å². The third-order valence-electron chi connectivity index (χ3n) is 3.82. The third kappa shape index (κ3) is 4.53. The molecule has 0 saturated carbocycles. The Balaban J connectivity index is 1.98. The van der Waals surface area contributed by atoms with Crippen LogP contribution in [0.15, 0.2) is 24.3 Å². The van der Waals surface area contributed by atoms with Gasteiger partial charge in [0.25, 0.3) is 5.91 Å².